The molecule has 2 unspecified atom stereocenters. The lowest BCUT2D eigenvalue weighted by atomic mass is 10.0. The van der Waals surface area contributed by atoms with Crippen LogP contribution in [0, 0.1) is 0 Å². The first-order valence-corrected chi connectivity index (χ1v) is 6.28. The number of amides is 1. The summed E-state index contributed by atoms with van der Waals surface area (Å²) < 4.78 is 4.83. The lowest BCUT2D eigenvalue weighted by Crippen LogP contribution is -2.42. The van der Waals surface area contributed by atoms with Crippen molar-refractivity contribution in [3.05, 3.63) is 0 Å². The summed E-state index contributed by atoms with van der Waals surface area (Å²) in [7, 11) is 3.26. The molecule has 0 spiro atoms. The number of nitrogens with one attached hydrogen (secondary N) is 1. The summed E-state index contributed by atoms with van der Waals surface area (Å²) in [6.07, 6.45) is 3.39. The molecule has 0 aromatic heterocycles. The van der Waals surface area contributed by atoms with E-state index in [2.05, 4.69) is 5.32 Å². The first kappa shape index (κ1) is 14.4. The molecule has 1 rings (SSSR count). The number of carbonyl (C=O) groups excluding carboxylic acids is 1. The van der Waals surface area contributed by atoms with Gasteiger partial charge in [-0.25, -0.2) is 0 Å². The average Bonchev–Trinajstić information content (AvgIpc) is 2.30. The Bertz CT molecular complexity index is 230. The molecule has 100 valence electrons. The number of carbonyl (C=O) groups is 1. The quantitative estimate of drug-likeness (QED) is 0.689. The van der Waals surface area contributed by atoms with Gasteiger partial charge in [0.15, 0.2) is 0 Å². The van der Waals surface area contributed by atoms with Crippen molar-refractivity contribution >= 4 is 5.91 Å². The summed E-state index contributed by atoms with van der Waals surface area (Å²) in [6, 6.07) is 0.304. The van der Waals surface area contributed by atoms with Crippen LogP contribution in [0.2, 0.25) is 0 Å². The third kappa shape index (κ3) is 5.48. The van der Waals surface area contributed by atoms with E-state index in [1.54, 1.807) is 11.9 Å². The van der Waals surface area contributed by atoms with Gasteiger partial charge < -0.3 is 20.1 Å². The number of aliphatic hydroxyl groups is 1. The summed E-state index contributed by atoms with van der Waals surface area (Å²) in [4.78, 5) is 13.5. The molecule has 1 amide bonds. The summed E-state index contributed by atoms with van der Waals surface area (Å²) in [5.41, 5.74) is 0. The van der Waals surface area contributed by atoms with Crippen LogP contribution in [-0.2, 0) is 9.53 Å². The summed E-state index contributed by atoms with van der Waals surface area (Å²) in [6.45, 7) is 1.60. The van der Waals surface area contributed by atoms with Gasteiger partial charge in [0, 0.05) is 33.2 Å². The molecule has 1 saturated heterocycles. The third-order valence-electron chi connectivity index (χ3n) is 3.10. The molecule has 17 heavy (non-hydrogen) atoms. The normalized spacial score (nSPS) is 22.2. The van der Waals surface area contributed by atoms with Crippen molar-refractivity contribution in [1.29, 1.82) is 0 Å². The Labute approximate surface area is 103 Å². The Morgan fingerprint density at radius 1 is 1.59 bits per heavy atom. The van der Waals surface area contributed by atoms with Crippen LogP contribution in [0.5, 0.6) is 0 Å². The summed E-state index contributed by atoms with van der Waals surface area (Å²) >= 11 is 0. The predicted octanol–water partition coefficient (Wildman–Crippen LogP) is -0.0157. The van der Waals surface area contributed by atoms with Gasteiger partial charge in [-0.05, 0) is 19.4 Å². The highest BCUT2D eigenvalue weighted by Gasteiger charge is 2.20. The third-order valence-corrected chi connectivity index (χ3v) is 3.10. The first-order chi connectivity index (χ1) is 8.13. The van der Waals surface area contributed by atoms with E-state index in [0.717, 1.165) is 13.0 Å². The molecule has 2 N–H and O–H groups in total. The van der Waals surface area contributed by atoms with Gasteiger partial charge in [-0.1, -0.05) is 6.42 Å². The van der Waals surface area contributed by atoms with Gasteiger partial charge in [-0.3, -0.25) is 4.79 Å². The highest BCUT2D eigenvalue weighted by molar-refractivity contribution is 5.76. The van der Waals surface area contributed by atoms with Gasteiger partial charge in [0.1, 0.15) is 0 Å². The maximum absolute atomic E-state index is 11.9. The van der Waals surface area contributed by atoms with Crippen LogP contribution in [0.4, 0.5) is 0 Å². The van der Waals surface area contributed by atoms with Crippen molar-refractivity contribution in [2.45, 2.75) is 37.8 Å². The zero-order valence-electron chi connectivity index (χ0n) is 10.8. The molecule has 1 heterocycles. The number of hydrogen-bond donors (Lipinski definition) is 2. The fraction of sp³-hybridized carbons (Fsp3) is 0.917. The van der Waals surface area contributed by atoms with Crippen LogP contribution in [0.1, 0.15) is 25.7 Å². The SMILES string of the molecule is COCC(O)CN(C)C(=O)CC1CCCCN1. The molecule has 5 nitrogen and oxygen atoms in total. The molecule has 1 aliphatic rings. The standard InChI is InChI=1S/C12H24N2O3/c1-14(8-11(15)9-17-2)12(16)7-10-5-3-4-6-13-10/h10-11,13,15H,3-9H2,1-2H3. The maximum Gasteiger partial charge on any atom is 0.223 e. The number of methoxy groups -OCH3 is 1. The van der Waals surface area contributed by atoms with E-state index in [-0.39, 0.29) is 12.5 Å². The van der Waals surface area contributed by atoms with Crippen molar-refractivity contribution in [2.24, 2.45) is 0 Å². The van der Waals surface area contributed by atoms with E-state index in [1.807, 2.05) is 0 Å². The highest BCUT2D eigenvalue weighted by Crippen LogP contribution is 2.11. The maximum atomic E-state index is 11.9. The van der Waals surface area contributed by atoms with Crippen molar-refractivity contribution in [1.82, 2.24) is 10.2 Å². The molecule has 0 aromatic carbocycles. The highest BCUT2D eigenvalue weighted by atomic mass is 16.5. The van der Waals surface area contributed by atoms with Gasteiger partial charge >= 0.3 is 0 Å². The van der Waals surface area contributed by atoms with E-state index in [4.69, 9.17) is 4.74 Å². The zero-order chi connectivity index (χ0) is 12.7. The second kappa shape index (κ2) is 7.63. The van der Waals surface area contributed by atoms with Crippen molar-refractivity contribution in [2.75, 3.05) is 33.9 Å². The van der Waals surface area contributed by atoms with Crippen molar-refractivity contribution < 1.29 is 14.6 Å². The number of aliphatic hydroxyl groups excluding tert-OH is 1. The van der Waals surface area contributed by atoms with Crippen molar-refractivity contribution in [3.63, 3.8) is 0 Å². The predicted molar refractivity (Wildman–Crippen MR) is 65.8 cm³/mol. The number of nitrogens with zero attached hydrogens (tertiary/aromatic N) is 1. The Morgan fingerprint density at radius 3 is 2.94 bits per heavy atom. The minimum atomic E-state index is -0.603. The molecule has 2 atom stereocenters. The molecule has 5 heteroatoms. The molecule has 1 fully saturated rings. The molecule has 0 aliphatic carbocycles. The molecular weight excluding hydrogens is 220 g/mol. The van der Waals surface area contributed by atoms with E-state index < -0.39 is 6.10 Å². The summed E-state index contributed by atoms with van der Waals surface area (Å²) in [5, 5.41) is 12.9. The van der Waals surface area contributed by atoms with E-state index in [9.17, 15) is 9.90 Å². The number of rotatable bonds is 6. The lowest BCUT2D eigenvalue weighted by molar-refractivity contribution is -0.132. The molecule has 0 aromatic rings. The van der Waals surface area contributed by atoms with Crippen LogP contribution in [0.25, 0.3) is 0 Å². The fourth-order valence-electron chi connectivity index (χ4n) is 2.13. The lowest BCUT2D eigenvalue weighted by Gasteiger charge is -2.26. The minimum Gasteiger partial charge on any atom is -0.389 e. The number of piperidine rings is 1. The monoisotopic (exact) mass is 244 g/mol. The number of ether oxygens (including phenoxy) is 1. The second-order valence-corrected chi connectivity index (χ2v) is 4.73. The topological polar surface area (TPSA) is 61.8 Å². The van der Waals surface area contributed by atoms with E-state index in [1.165, 1.54) is 20.0 Å². The largest absolute Gasteiger partial charge is 0.389 e. The number of hydrogen-bond acceptors (Lipinski definition) is 4. The number of likely N-dealkylation sites (N-methyl/N-ethyl adjacent to an activating group) is 1. The fourth-order valence-corrected chi connectivity index (χ4v) is 2.13. The van der Waals surface area contributed by atoms with Crippen LogP contribution < -0.4 is 5.32 Å². The van der Waals surface area contributed by atoms with Gasteiger partial charge in [-0.2, -0.15) is 0 Å². The molecule has 0 radical (unpaired) electrons. The van der Waals surface area contributed by atoms with E-state index in [0.29, 0.717) is 19.0 Å². The van der Waals surface area contributed by atoms with Gasteiger partial charge in [-0.15, -0.1) is 0 Å². The second-order valence-electron chi connectivity index (χ2n) is 4.73. The Kier molecular flexibility index (Phi) is 6.47. The van der Waals surface area contributed by atoms with Crippen LogP contribution in [0.15, 0.2) is 0 Å². The Hall–Kier alpha value is -0.650. The van der Waals surface area contributed by atoms with Gasteiger partial charge in [0.25, 0.3) is 0 Å². The van der Waals surface area contributed by atoms with Crippen molar-refractivity contribution in [3.8, 4) is 0 Å². The van der Waals surface area contributed by atoms with Gasteiger partial charge in [0.2, 0.25) is 5.91 Å². The van der Waals surface area contributed by atoms with Crippen LogP contribution >= 0.6 is 0 Å². The zero-order valence-corrected chi connectivity index (χ0v) is 10.8. The summed E-state index contributed by atoms with van der Waals surface area (Å²) in [5.74, 6) is 0.0829. The van der Waals surface area contributed by atoms with E-state index >= 15 is 0 Å². The minimum absolute atomic E-state index is 0.0829. The molecule has 0 bridgehead atoms. The molecular formula is C12H24N2O3. The molecule has 1 aliphatic heterocycles. The van der Waals surface area contributed by atoms with Crippen LogP contribution in [0.3, 0.4) is 0 Å². The Morgan fingerprint density at radius 2 is 2.35 bits per heavy atom. The average molecular weight is 244 g/mol. The molecule has 0 saturated carbocycles. The van der Waals surface area contributed by atoms with Crippen LogP contribution in [-0.4, -0.2) is 61.9 Å². The first-order valence-electron chi connectivity index (χ1n) is 6.28. The van der Waals surface area contributed by atoms with Gasteiger partial charge in [0.05, 0.1) is 12.7 Å². The smallest absolute Gasteiger partial charge is 0.223 e. The Balaban J connectivity index is 2.25.